The molecule has 0 aliphatic carbocycles. The highest BCUT2D eigenvalue weighted by Crippen LogP contribution is 2.15. The summed E-state index contributed by atoms with van der Waals surface area (Å²) in [6.45, 7) is 2.05. The van der Waals surface area contributed by atoms with Crippen LogP contribution in [0.15, 0.2) is 18.2 Å². The topological polar surface area (TPSA) is 57.9 Å². The Bertz CT molecular complexity index is 378. The number of pyridine rings is 1. The summed E-state index contributed by atoms with van der Waals surface area (Å²) in [4.78, 5) is 4.11. The zero-order valence-electron chi connectivity index (χ0n) is 9.15. The van der Waals surface area contributed by atoms with Gasteiger partial charge in [-0.1, -0.05) is 6.07 Å². The molecule has 0 spiro atoms. The van der Waals surface area contributed by atoms with Gasteiger partial charge in [-0.25, -0.2) is 4.98 Å². The number of ether oxygens (including phenoxy) is 1. The third-order valence-electron chi connectivity index (χ3n) is 2.65. The third-order valence-corrected chi connectivity index (χ3v) is 2.65. The van der Waals surface area contributed by atoms with Crippen molar-refractivity contribution >= 4 is 0 Å². The molecule has 1 atom stereocenters. The van der Waals surface area contributed by atoms with Gasteiger partial charge in [0.25, 0.3) is 0 Å². The molecule has 0 aromatic carbocycles. The Morgan fingerprint density at radius 3 is 3.19 bits per heavy atom. The first-order valence-electron chi connectivity index (χ1n) is 5.63. The zero-order chi connectivity index (χ0) is 11.2. The molecule has 0 saturated carbocycles. The molecule has 84 valence electrons. The van der Waals surface area contributed by atoms with Gasteiger partial charge in [-0.3, -0.25) is 0 Å². The van der Waals surface area contributed by atoms with Gasteiger partial charge in [0.1, 0.15) is 17.9 Å². The predicted molar refractivity (Wildman–Crippen MR) is 60.1 cm³/mol. The number of nitrogens with zero attached hydrogens (tertiary/aromatic N) is 2. The maximum Gasteiger partial charge on any atom is 0.214 e. The van der Waals surface area contributed by atoms with Crippen molar-refractivity contribution in [2.45, 2.75) is 25.4 Å². The minimum atomic E-state index is 0.219. The molecule has 1 unspecified atom stereocenters. The highest BCUT2D eigenvalue weighted by atomic mass is 16.5. The normalized spacial score (nSPS) is 20.8. The Balaban J connectivity index is 1.99. The van der Waals surface area contributed by atoms with Crippen molar-refractivity contribution in [2.75, 3.05) is 13.1 Å². The maximum atomic E-state index is 8.73. The number of hydrogen-bond acceptors (Lipinski definition) is 4. The Morgan fingerprint density at radius 1 is 1.38 bits per heavy atom. The lowest BCUT2D eigenvalue weighted by molar-refractivity contribution is 0.180. The summed E-state index contributed by atoms with van der Waals surface area (Å²) in [6, 6.07) is 7.30. The molecule has 1 aromatic heterocycles. The average molecular weight is 217 g/mol. The van der Waals surface area contributed by atoms with Crippen molar-refractivity contribution in [3.63, 3.8) is 0 Å². The quantitative estimate of drug-likeness (QED) is 0.815. The summed E-state index contributed by atoms with van der Waals surface area (Å²) in [5.41, 5.74) is 0.407. The summed E-state index contributed by atoms with van der Waals surface area (Å²) in [6.07, 6.45) is 3.39. The van der Waals surface area contributed by atoms with Gasteiger partial charge < -0.3 is 10.1 Å². The highest BCUT2D eigenvalue weighted by molar-refractivity contribution is 5.24. The van der Waals surface area contributed by atoms with E-state index in [2.05, 4.69) is 10.3 Å². The average Bonchev–Trinajstić information content (AvgIpc) is 2.58. The second kappa shape index (κ2) is 5.47. The molecule has 0 amide bonds. The number of nitrogens with one attached hydrogen (secondary N) is 1. The van der Waals surface area contributed by atoms with Gasteiger partial charge in [0.15, 0.2) is 0 Å². The first kappa shape index (κ1) is 10.9. The van der Waals surface area contributed by atoms with Crippen LogP contribution in [0.2, 0.25) is 0 Å². The molecule has 2 heterocycles. The van der Waals surface area contributed by atoms with Crippen molar-refractivity contribution in [3.8, 4) is 11.9 Å². The van der Waals surface area contributed by atoms with Gasteiger partial charge in [-0.15, -0.1) is 0 Å². The number of nitriles is 1. The van der Waals surface area contributed by atoms with E-state index in [0.717, 1.165) is 32.4 Å². The summed E-state index contributed by atoms with van der Waals surface area (Å²) < 4.78 is 5.78. The van der Waals surface area contributed by atoms with Crippen molar-refractivity contribution in [1.82, 2.24) is 10.3 Å². The minimum Gasteiger partial charge on any atom is -0.474 e. The van der Waals surface area contributed by atoms with Crippen LogP contribution < -0.4 is 10.1 Å². The molecule has 0 bridgehead atoms. The number of hydrogen-bond donors (Lipinski definition) is 1. The van der Waals surface area contributed by atoms with E-state index in [4.69, 9.17) is 10.00 Å². The van der Waals surface area contributed by atoms with Crippen LogP contribution in [0.1, 0.15) is 25.0 Å². The fourth-order valence-electron chi connectivity index (χ4n) is 1.82. The summed E-state index contributed by atoms with van der Waals surface area (Å²) in [5, 5.41) is 12.1. The zero-order valence-corrected chi connectivity index (χ0v) is 9.15. The molecule has 1 saturated heterocycles. The molecule has 0 radical (unpaired) electrons. The van der Waals surface area contributed by atoms with E-state index in [-0.39, 0.29) is 6.10 Å². The molecule has 16 heavy (non-hydrogen) atoms. The van der Waals surface area contributed by atoms with Crippen molar-refractivity contribution in [3.05, 3.63) is 23.9 Å². The molecule has 1 N–H and O–H groups in total. The largest absolute Gasteiger partial charge is 0.474 e. The Morgan fingerprint density at radius 2 is 2.31 bits per heavy atom. The Hall–Kier alpha value is -1.60. The van der Waals surface area contributed by atoms with Crippen LogP contribution in [0.4, 0.5) is 0 Å². The molecule has 1 aliphatic heterocycles. The van der Waals surface area contributed by atoms with E-state index in [1.165, 1.54) is 0 Å². The van der Waals surface area contributed by atoms with Crippen LogP contribution in [0.3, 0.4) is 0 Å². The first-order chi connectivity index (χ1) is 7.88. The summed E-state index contributed by atoms with van der Waals surface area (Å²) in [7, 11) is 0. The summed E-state index contributed by atoms with van der Waals surface area (Å²) in [5.74, 6) is 0.561. The van der Waals surface area contributed by atoms with Crippen LogP contribution in [0.5, 0.6) is 5.88 Å². The van der Waals surface area contributed by atoms with Crippen LogP contribution in [0.25, 0.3) is 0 Å². The fourth-order valence-corrected chi connectivity index (χ4v) is 1.82. The van der Waals surface area contributed by atoms with E-state index in [9.17, 15) is 0 Å². The smallest absolute Gasteiger partial charge is 0.214 e. The third kappa shape index (κ3) is 2.94. The fraction of sp³-hybridized carbons (Fsp3) is 0.500. The van der Waals surface area contributed by atoms with Gasteiger partial charge in [-0.05, 0) is 38.4 Å². The molecule has 1 fully saturated rings. The lowest BCUT2D eigenvalue weighted by Crippen LogP contribution is -2.19. The Labute approximate surface area is 95.3 Å². The monoisotopic (exact) mass is 217 g/mol. The number of rotatable bonds is 2. The Kier molecular flexibility index (Phi) is 3.73. The standard InChI is InChI=1S/C12H15N3O/c13-9-10-3-1-5-12(15-10)16-11-4-2-7-14-8-6-11/h1,3,5,11,14H,2,4,6-8H2. The molecular weight excluding hydrogens is 202 g/mol. The lowest BCUT2D eigenvalue weighted by Gasteiger charge is -2.15. The van der Waals surface area contributed by atoms with Gasteiger partial charge >= 0.3 is 0 Å². The molecule has 4 nitrogen and oxygen atoms in total. The van der Waals surface area contributed by atoms with Crippen LogP contribution in [-0.4, -0.2) is 24.2 Å². The van der Waals surface area contributed by atoms with Gasteiger partial charge in [0.2, 0.25) is 5.88 Å². The second-order valence-corrected chi connectivity index (χ2v) is 3.89. The molecule has 1 aromatic rings. The van der Waals surface area contributed by atoms with E-state index in [0.29, 0.717) is 11.6 Å². The van der Waals surface area contributed by atoms with E-state index in [1.54, 1.807) is 18.2 Å². The van der Waals surface area contributed by atoms with E-state index >= 15 is 0 Å². The SMILES string of the molecule is N#Cc1cccc(OC2CCCNCC2)n1. The van der Waals surface area contributed by atoms with Crippen molar-refractivity contribution in [2.24, 2.45) is 0 Å². The lowest BCUT2D eigenvalue weighted by atomic mass is 10.2. The van der Waals surface area contributed by atoms with E-state index in [1.807, 2.05) is 6.07 Å². The van der Waals surface area contributed by atoms with E-state index < -0.39 is 0 Å². The highest BCUT2D eigenvalue weighted by Gasteiger charge is 2.13. The first-order valence-corrected chi connectivity index (χ1v) is 5.63. The maximum absolute atomic E-state index is 8.73. The van der Waals surface area contributed by atoms with Crippen molar-refractivity contribution in [1.29, 1.82) is 5.26 Å². The van der Waals surface area contributed by atoms with Crippen LogP contribution in [-0.2, 0) is 0 Å². The van der Waals surface area contributed by atoms with Gasteiger partial charge in [0, 0.05) is 6.07 Å². The molecule has 2 rings (SSSR count). The molecular formula is C12H15N3O. The predicted octanol–water partition coefficient (Wildman–Crippen LogP) is 1.47. The summed E-state index contributed by atoms with van der Waals surface area (Å²) >= 11 is 0. The van der Waals surface area contributed by atoms with Gasteiger partial charge in [0.05, 0.1) is 0 Å². The van der Waals surface area contributed by atoms with Crippen LogP contribution >= 0.6 is 0 Å². The number of aromatic nitrogens is 1. The molecule has 1 aliphatic rings. The molecule has 4 heteroatoms. The van der Waals surface area contributed by atoms with Gasteiger partial charge in [-0.2, -0.15) is 5.26 Å². The van der Waals surface area contributed by atoms with Crippen molar-refractivity contribution < 1.29 is 4.74 Å². The van der Waals surface area contributed by atoms with Crippen LogP contribution in [0, 0.1) is 11.3 Å². The second-order valence-electron chi connectivity index (χ2n) is 3.89. The minimum absolute atomic E-state index is 0.219.